The van der Waals surface area contributed by atoms with Crippen LogP contribution < -0.4 is 15.4 Å². The Morgan fingerprint density at radius 2 is 2.15 bits per heavy atom. The summed E-state index contributed by atoms with van der Waals surface area (Å²) in [5.74, 6) is 0.530. The van der Waals surface area contributed by atoms with Crippen LogP contribution in [-0.4, -0.2) is 30.6 Å². The van der Waals surface area contributed by atoms with Gasteiger partial charge in [0.2, 0.25) is 5.91 Å². The number of carbonyl (C=O) groups is 1. The average Bonchev–Trinajstić information content (AvgIpc) is 3.07. The summed E-state index contributed by atoms with van der Waals surface area (Å²) in [4.78, 5) is 18.5. The number of methoxy groups -OCH3 is 1. The SMILES string of the molecule is CCCNC1CCc2nc(NC(=O)C(C)c3ccc(OC)cc3)sc2C1. The lowest BCUT2D eigenvalue weighted by atomic mass is 9.98. The van der Waals surface area contributed by atoms with E-state index in [-0.39, 0.29) is 11.8 Å². The van der Waals surface area contributed by atoms with E-state index in [1.165, 1.54) is 4.88 Å². The summed E-state index contributed by atoms with van der Waals surface area (Å²) in [5, 5.41) is 7.31. The fourth-order valence-corrected chi connectivity index (χ4v) is 4.30. The van der Waals surface area contributed by atoms with Crippen molar-refractivity contribution in [2.45, 2.75) is 51.5 Å². The van der Waals surface area contributed by atoms with Gasteiger partial charge in [0, 0.05) is 10.9 Å². The Morgan fingerprint density at radius 3 is 2.85 bits per heavy atom. The van der Waals surface area contributed by atoms with Gasteiger partial charge in [-0.15, -0.1) is 11.3 Å². The first-order chi connectivity index (χ1) is 12.6. The number of aromatic nitrogens is 1. The third-order valence-electron chi connectivity index (χ3n) is 4.86. The van der Waals surface area contributed by atoms with Gasteiger partial charge in [-0.2, -0.15) is 0 Å². The summed E-state index contributed by atoms with van der Waals surface area (Å²) in [6.45, 7) is 5.16. The van der Waals surface area contributed by atoms with Gasteiger partial charge >= 0.3 is 0 Å². The number of fused-ring (bicyclic) bond motifs is 1. The van der Waals surface area contributed by atoms with Crippen LogP contribution in [0.25, 0.3) is 0 Å². The van der Waals surface area contributed by atoms with Crippen LogP contribution >= 0.6 is 11.3 Å². The summed E-state index contributed by atoms with van der Waals surface area (Å²) in [5.41, 5.74) is 2.12. The van der Waals surface area contributed by atoms with E-state index in [9.17, 15) is 4.79 Å². The highest BCUT2D eigenvalue weighted by molar-refractivity contribution is 7.15. The predicted molar refractivity (Wildman–Crippen MR) is 106 cm³/mol. The molecule has 1 amide bonds. The van der Waals surface area contributed by atoms with E-state index < -0.39 is 0 Å². The Balaban J connectivity index is 1.62. The Labute approximate surface area is 159 Å². The highest BCUT2D eigenvalue weighted by Gasteiger charge is 2.23. The van der Waals surface area contributed by atoms with Crippen LogP contribution in [0.1, 0.15) is 48.7 Å². The topological polar surface area (TPSA) is 63.2 Å². The van der Waals surface area contributed by atoms with Gasteiger partial charge < -0.3 is 15.4 Å². The molecule has 2 aromatic rings. The zero-order chi connectivity index (χ0) is 18.5. The second-order valence-electron chi connectivity index (χ2n) is 6.77. The van der Waals surface area contributed by atoms with Gasteiger partial charge in [-0.25, -0.2) is 4.98 Å². The minimum Gasteiger partial charge on any atom is -0.497 e. The number of aryl methyl sites for hydroxylation is 1. The molecule has 3 rings (SSSR count). The van der Waals surface area contributed by atoms with Gasteiger partial charge in [0.25, 0.3) is 0 Å². The smallest absolute Gasteiger partial charge is 0.233 e. The number of hydrogen-bond donors (Lipinski definition) is 2. The van der Waals surface area contributed by atoms with E-state index in [1.807, 2.05) is 31.2 Å². The first kappa shape index (κ1) is 18.9. The molecule has 6 heteroatoms. The minimum atomic E-state index is -0.235. The highest BCUT2D eigenvalue weighted by Crippen LogP contribution is 2.30. The molecule has 26 heavy (non-hydrogen) atoms. The molecule has 5 nitrogen and oxygen atoms in total. The van der Waals surface area contributed by atoms with Crippen molar-refractivity contribution in [1.29, 1.82) is 0 Å². The molecule has 1 aliphatic rings. The number of nitrogens with zero attached hydrogens (tertiary/aromatic N) is 1. The average molecular weight is 374 g/mol. The van der Waals surface area contributed by atoms with Crippen LogP contribution in [0.3, 0.4) is 0 Å². The molecule has 0 saturated carbocycles. The van der Waals surface area contributed by atoms with Crippen LogP contribution in [0, 0.1) is 0 Å². The quantitative estimate of drug-likeness (QED) is 0.776. The first-order valence-electron chi connectivity index (χ1n) is 9.27. The third-order valence-corrected chi connectivity index (χ3v) is 5.90. The summed E-state index contributed by atoms with van der Waals surface area (Å²) >= 11 is 1.62. The summed E-state index contributed by atoms with van der Waals surface area (Å²) in [6.07, 6.45) is 4.26. The molecule has 2 atom stereocenters. The lowest BCUT2D eigenvalue weighted by Gasteiger charge is -2.21. The van der Waals surface area contributed by atoms with E-state index in [2.05, 4.69) is 22.5 Å². The zero-order valence-electron chi connectivity index (χ0n) is 15.7. The maximum Gasteiger partial charge on any atom is 0.233 e. The van der Waals surface area contributed by atoms with E-state index in [1.54, 1.807) is 18.4 Å². The first-order valence-corrected chi connectivity index (χ1v) is 10.1. The normalized spacial score (nSPS) is 17.4. The fourth-order valence-electron chi connectivity index (χ4n) is 3.21. The molecule has 1 aliphatic carbocycles. The molecule has 0 saturated heterocycles. The number of carbonyl (C=O) groups excluding carboxylic acids is 1. The molecular weight excluding hydrogens is 346 g/mol. The van der Waals surface area contributed by atoms with Crippen LogP contribution in [0.5, 0.6) is 5.75 Å². The van der Waals surface area contributed by atoms with Crippen LogP contribution in [0.2, 0.25) is 0 Å². The van der Waals surface area contributed by atoms with E-state index in [0.29, 0.717) is 6.04 Å². The highest BCUT2D eigenvalue weighted by atomic mass is 32.1. The molecule has 0 fully saturated rings. The van der Waals surface area contributed by atoms with Crippen molar-refractivity contribution in [3.63, 3.8) is 0 Å². The summed E-state index contributed by atoms with van der Waals surface area (Å²) in [7, 11) is 1.64. The summed E-state index contributed by atoms with van der Waals surface area (Å²) in [6, 6.07) is 8.15. The molecule has 0 radical (unpaired) electrons. The molecule has 1 aromatic carbocycles. The minimum absolute atomic E-state index is 0.0260. The molecule has 0 aliphatic heterocycles. The van der Waals surface area contributed by atoms with Gasteiger partial charge in [-0.3, -0.25) is 4.79 Å². The molecule has 1 heterocycles. The Bertz CT molecular complexity index is 742. The second kappa shape index (κ2) is 8.64. The molecule has 2 unspecified atom stereocenters. The maximum atomic E-state index is 12.6. The number of rotatable bonds is 7. The number of anilines is 1. The lowest BCUT2D eigenvalue weighted by molar-refractivity contribution is -0.117. The number of ether oxygens (including phenoxy) is 1. The third kappa shape index (κ3) is 4.43. The molecule has 140 valence electrons. The molecular formula is C20H27N3O2S. The van der Waals surface area contributed by atoms with Gasteiger partial charge in [-0.05, 0) is 56.8 Å². The number of benzene rings is 1. The van der Waals surface area contributed by atoms with Crippen molar-refractivity contribution in [3.05, 3.63) is 40.4 Å². The van der Waals surface area contributed by atoms with Gasteiger partial charge in [0.1, 0.15) is 5.75 Å². The number of amides is 1. The predicted octanol–water partition coefficient (Wildman–Crippen LogP) is 3.75. The maximum absolute atomic E-state index is 12.6. The zero-order valence-corrected chi connectivity index (χ0v) is 16.5. The van der Waals surface area contributed by atoms with Crippen molar-refractivity contribution < 1.29 is 9.53 Å². The summed E-state index contributed by atoms with van der Waals surface area (Å²) < 4.78 is 5.17. The van der Waals surface area contributed by atoms with Gasteiger partial charge in [0.05, 0.1) is 18.7 Å². The fraction of sp³-hybridized carbons (Fsp3) is 0.500. The molecule has 2 N–H and O–H groups in total. The van der Waals surface area contributed by atoms with E-state index >= 15 is 0 Å². The van der Waals surface area contributed by atoms with Crippen LogP contribution in [-0.2, 0) is 17.6 Å². The monoisotopic (exact) mass is 373 g/mol. The van der Waals surface area contributed by atoms with Crippen LogP contribution in [0.4, 0.5) is 5.13 Å². The lowest BCUT2D eigenvalue weighted by Crippen LogP contribution is -2.34. The van der Waals surface area contributed by atoms with Gasteiger partial charge in [0.15, 0.2) is 5.13 Å². The largest absolute Gasteiger partial charge is 0.497 e. The van der Waals surface area contributed by atoms with Crippen molar-refractivity contribution in [3.8, 4) is 5.75 Å². The number of thiazole rings is 1. The Hall–Kier alpha value is -1.92. The second-order valence-corrected chi connectivity index (χ2v) is 7.85. The van der Waals surface area contributed by atoms with Gasteiger partial charge in [-0.1, -0.05) is 19.1 Å². The van der Waals surface area contributed by atoms with Crippen molar-refractivity contribution >= 4 is 22.4 Å². The molecule has 0 spiro atoms. The van der Waals surface area contributed by atoms with Crippen LogP contribution in [0.15, 0.2) is 24.3 Å². The standard InChI is InChI=1S/C20H27N3O2S/c1-4-11-21-15-7-10-17-18(12-15)26-20(22-17)23-19(24)13(2)14-5-8-16(25-3)9-6-14/h5-6,8-9,13,15,21H,4,7,10-12H2,1-3H3,(H,22,23,24). The van der Waals surface area contributed by atoms with Crippen molar-refractivity contribution in [1.82, 2.24) is 10.3 Å². The van der Waals surface area contributed by atoms with E-state index in [4.69, 9.17) is 4.74 Å². The molecule has 1 aromatic heterocycles. The number of nitrogens with one attached hydrogen (secondary N) is 2. The Kier molecular flexibility index (Phi) is 6.27. The Morgan fingerprint density at radius 1 is 1.38 bits per heavy atom. The van der Waals surface area contributed by atoms with Crippen molar-refractivity contribution in [2.24, 2.45) is 0 Å². The number of hydrogen-bond acceptors (Lipinski definition) is 5. The molecule has 0 bridgehead atoms. The van der Waals surface area contributed by atoms with Crippen molar-refractivity contribution in [2.75, 3.05) is 19.0 Å². The van der Waals surface area contributed by atoms with E-state index in [0.717, 1.165) is 54.4 Å².